The lowest BCUT2D eigenvalue weighted by Gasteiger charge is -2.21. The van der Waals surface area contributed by atoms with E-state index in [2.05, 4.69) is 11.0 Å². The molecular weight excluding hydrogens is 252 g/mol. The summed E-state index contributed by atoms with van der Waals surface area (Å²) in [5.41, 5.74) is 1.35. The van der Waals surface area contributed by atoms with Crippen LogP contribution in [0.3, 0.4) is 0 Å². The molecule has 0 aliphatic carbocycles. The Bertz CT molecular complexity index is 481. The standard InChI is InChI=1S/C16H22N2O2/c1-16(2,3)20-15(19)9-10-18(4)12-14-7-5-13(11-17)6-8-14/h5-8H,9-10,12H2,1-4H3. The van der Waals surface area contributed by atoms with Crippen LogP contribution < -0.4 is 0 Å². The molecule has 0 aromatic heterocycles. The Balaban J connectivity index is 2.38. The fourth-order valence-corrected chi connectivity index (χ4v) is 1.75. The topological polar surface area (TPSA) is 53.3 Å². The van der Waals surface area contributed by atoms with E-state index in [-0.39, 0.29) is 5.97 Å². The fraction of sp³-hybridized carbons (Fsp3) is 0.500. The third kappa shape index (κ3) is 6.35. The minimum absolute atomic E-state index is 0.177. The number of hydrogen-bond donors (Lipinski definition) is 0. The summed E-state index contributed by atoms with van der Waals surface area (Å²) in [6.07, 6.45) is 0.379. The second kappa shape index (κ2) is 7.06. The van der Waals surface area contributed by atoms with Gasteiger partial charge in [0.1, 0.15) is 5.60 Å². The Morgan fingerprint density at radius 3 is 2.40 bits per heavy atom. The fourth-order valence-electron chi connectivity index (χ4n) is 1.75. The van der Waals surface area contributed by atoms with Crippen LogP contribution in [-0.4, -0.2) is 30.1 Å². The van der Waals surface area contributed by atoms with E-state index in [0.29, 0.717) is 18.5 Å². The molecule has 0 aliphatic rings. The summed E-state index contributed by atoms with van der Waals surface area (Å²) in [5, 5.41) is 8.74. The number of ether oxygens (including phenoxy) is 1. The average Bonchev–Trinajstić information content (AvgIpc) is 2.35. The maximum atomic E-state index is 11.6. The Hall–Kier alpha value is -1.86. The van der Waals surface area contributed by atoms with Gasteiger partial charge in [0.2, 0.25) is 0 Å². The van der Waals surface area contributed by atoms with Crippen LogP contribution in [0.5, 0.6) is 0 Å². The van der Waals surface area contributed by atoms with Crippen molar-refractivity contribution in [1.82, 2.24) is 4.90 Å². The van der Waals surface area contributed by atoms with Gasteiger partial charge >= 0.3 is 5.97 Å². The molecule has 0 heterocycles. The summed E-state index contributed by atoms with van der Waals surface area (Å²) >= 11 is 0. The smallest absolute Gasteiger partial charge is 0.307 e. The first kappa shape index (κ1) is 16.2. The molecule has 0 atom stereocenters. The summed E-state index contributed by atoms with van der Waals surface area (Å²) in [7, 11) is 1.96. The zero-order valence-corrected chi connectivity index (χ0v) is 12.6. The van der Waals surface area contributed by atoms with Gasteiger partial charge in [-0.05, 0) is 45.5 Å². The van der Waals surface area contributed by atoms with Gasteiger partial charge in [-0.15, -0.1) is 0 Å². The molecule has 0 spiro atoms. The molecule has 1 aromatic carbocycles. The molecule has 1 aromatic rings. The minimum Gasteiger partial charge on any atom is -0.460 e. The molecule has 1 rings (SSSR count). The number of nitriles is 1. The Morgan fingerprint density at radius 2 is 1.90 bits per heavy atom. The van der Waals surface area contributed by atoms with Crippen LogP contribution in [0, 0.1) is 11.3 Å². The van der Waals surface area contributed by atoms with Gasteiger partial charge in [0, 0.05) is 13.1 Å². The number of carbonyl (C=O) groups excluding carboxylic acids is 1. The molecule has 108 valence electrons. The molecular formula is C16H22N2O2. The summed E-state index contributed by atoms with van der Waals surface area (Å²) in [4.78, 5) is 13.7. The lowest BCUT2D eigenvalue weighted by atomic mass is 10.1. The molecule has 0 saturated heterocycles. The number of carbonyl (C=O) groups is 1. The second-order valence-corrected chi connectivity index (χ2v) is 5.88. The Labute approximate surface area is 121 Å². The molecule has 0 saturated carbocycles. The van der Waals surface area contributed by atoms with E-state index < -0.39 is 5.60 Å². The Kier molecular flexibility index (Phi) is 5.72. The van der Waals surface area contributed by atoms with Crippen LogP contribution in [0.4, 0.5) is 0 Å². The number of rotatable bonds is 5. The van der Waals surface area contributed by atoms with Gasteiger partial charge in [0.25, 0.3) is 0 Å². The first-order valence-corrected chi connectivity index (χ1v) is 6.69. The molecule has 20 heavy (non-hydrogen) atoms. The summed E-state index contributed by atoms with van der Waals surface area (Å²) in [6, 6.07) is 9.57. The van der Waals surface area contributed by atoms with Gasteiger partial charge in [0.05, 0.1) is 18.1 Å². The van der Waals surface area contributed by atoms with E-state index in [9.17, 15) is 4.79 Å². The molecule has 0 N–H and O–H groups in total. The number of esters is 1. The van der Waals surface area contributed by atoms with Crippen LogP contribution in [0.1, 0.15) is 38.3 Å². The molecule has 0 fully saturated rings. The zero-order chi connectivity index (χ0) is 15.2. The molecule has 0 unspecified atom stereocenters. The predicted molar refractivity (Wildman–Crippen MR) is 78.0 cm³/mol. The van der Waals surface area contributed by atoms with Gasteiger partial charge in [-0.25, -0.2) is 0 Å². The predicted octanol–water partition coefficient (Wildman–Crippen LogP) is 2.72. The van der Waals surface area contributed by atoms with Crippen molar-refractivity contribution < 1.29 is 9.53 Å². The summed E-state index contributed by atoms with van der Waals surface area (Å²) in [6.45, 7) is 6.99. The maximum absolute atomic E-state index is 11.6. The first-order chi connectivity index (χ1) is 9.30. The van der Waals surface area contributed by atoms with Gasteiger partial charge in [-0.3, -0.25) is 4.79 Å². The van der Waals surface area contributed by atoms with Crippen molar-refractivity contribution in [2.45, 2.75) is 39.3 Å². The van der Waals surface area contributed by atoms with Crippen LogP contribution in [-0.2, 0) is 16.1 Å². The van der Waals surface area contributed by atoms with Crippen molar-refractivity contribution in [3.05, 3.63) is 35.4 Å². The number of nitrogens with zero attached hydrogens (tertiary/aromatic N) is 2. The molecule has 4 nitrogen and oxygen atoms in total. The maximum Gasteiger partial charge on any atom is 0.307 e. The highest BCUT2D eigenvalue weighted by Crippen LogP contribution is 2.10. The zero-order valence-electron chi connectivity index (χ0n) is 12.6. The molecule has 0 amide bonds. The monoisotopic (exact) mass is 274 g/mol. The largest absolute Gasteiger partial charge is 0.460 e. The van der Waals surface area contributed by atoms with Crippen LogP contribution >= 0.6 is 0 Å². The van der Waals surface area contributed by atoms with E-state index in [1.54, 1.807) is 12.1 Å². The van der Waals surface area contributed by atoms with Crippen LogP contribution in [0.25, 0.3) is 0 Å². The van der Waals surface area contributed by atoms with Crippen molar-refractivity contribution in [2.75, 3.05) is 13.6 Å². The normalized spacial score (nSPS) is 11.2. The van der Waals surface area contributed by atoms with E-state index >= 15 is 0 Å². The highest BCUT2D eigenvalue weighted by Gasteiger charge is 2.16. The number of hydrogen-bond acceptors (Lipinski definition) is 4. The van der Waals surface area contributed by atoms with E-state index in [0.717, 1.165) is 12.1 Å². The molecule has 4 heteroatoms. The quantitative estimate of drug-likeness (QED) is 0.775. The number of benzene rings is 1. The van der Waals surface area contributed by atoms with Crippen LogP contribution in [0.2, 0.25) is 0 Å². The first-order valence-electron chi connectivity index (χ1n) is 6.69. The van der Waals surface area contributed by atoms with Gasteiger partial charge < -0.3 is 9.64 Å². The van der Waals surface area contributed by atoms with Crippen molar-refractivity contribution in [3.8, 4) is 6.07 Å². The van der Waals surface area contributed by atoms with Gasteiger partial charge in [-0.1, -0.05) is 12.1 Å². The van der Waals surface area contributed by atoms with Crippen molar-refractivity contribution in [1.29, 1.82) is 5.26 Å². The third-order valence-corrected chi connectivity index (χ3v) is 2.65. The van der Waals surface area contributed by atoms with Gasteiger partial charge in [-0.2, -0.15) is 5.26 Å². The molecule has 0 radical (unpaired) electrons. The van der Waals surface area contributed by atoms with Crippen molar-refractivity contribution >= 4 is 5.97 Å². The minimum atomic E-state index is -0.428. The highest BCUT2D eigenvalue weighted by molar-refractivity contribution is 5.70. The van der Waals surface area contributed by atoms with Gasteiger partial charge in [0.15, 0.2) is 0 Å². The van der Waals surface area contributed by atoms with E-state index in [1.807, 2.05) is 40.0 Å². The molecule has 0 bridgehead atoms. The Morgan fingerprint density at radius 1 is 1.30 bits per heavy atom. The van der Waals surface area contributed by atoms with Crippen molar-refractivity contribution in [2.24, 2.45) is 0 Å². The van der Waals surface area contributed by atoms with Crippen molar-refractivity contribution in [3.63, 3.8) is 0 Å². The summed E-state index contributed by atoms with van der Waals surface area (Å²) < 4.78 is 5.27. The SMILES string of the molecule is CN(CCC(=O)OC(C)(C)C)Cc1ccc(C#N)cc1. The van der Waals surface area contributed by atoms with E-state index in [4.69, 9.17) is 10.00 Å². The second-order valence-electron chi connectivity index (χ2n) is 5.88. The average molecular weight is 274 g/mol. The lowest BCUT2D eigenvalue weighted by molar-refractivity contribution is -0.155. The third-order valence-electron chi connectivity index (χ3n) is 2.65. The molecule has 0 aliphatic heterocycles. The summed E-state index contributed by atoms with van der Waals surface area (Å²) in [5.74, 6) is -0.177. The van der Waals surface area contributed by atoms with Crippen LogP contribution in [0.15, 0.2) is 24.3 Å². The highest BCUT2D eigenvalue weighted by atomic mass is 16.6. The lowest BCUT2D eigenvalue weighted by Crippen LogP contribution is -2.27. The van der Waals surface area contributed by atoms with E-state index in [1.165, 1.54) is 0 Å².